The van der Waals surface area contributed by atoms with Crippen LogP contribution in [-0.4, -0.2) is 13.0 Å². The molecule has 0 aromatic heterocycles. The van der Waals surface area contributed by atoms with Gasteiger partial charge in [0.1, 0.15) is 0 Å². The second-order valence-electron chi connectivity index (χ2n) is 1.95. The van der Waals surface area contributed by atoms with Gasteiger partial charge in [-0.15, -0.1) is 5.75 Å². The summed E-state index contributed by atoms with van der Waals surface area (Å²) < 4.78 is 29.3. The predicted molar refractivity (Wildman–Crippen MR) is 35.7 cm³/mol. The molecule has 60 valence electrons. The van der Waals surface area contributed by atoms with Gasteiger partial charge in [0.15, 0.2) is 0 Å². The molecule has 0 aliphatic rings. The van der Waals surface area contributed by atoms with Crippen molar-refractivity contribution in [3.63, 3.8) is 0 Å². The third-order valence-electron chi connectivity index (χ3n) is 1.10. The fourth-order valence-electron chi connectivity index (χ4n) is 0.635. The third kappa shape index (κ3) is 3.52. The smallest absolute Gasteiger partial charge is 0.872 e. The van der Waals surface area contributed by atoms with E-state index in [0.29, 0.717) is 0 Å². The van der Waals surface area contributed by atoms with E-state index >= 15 is 0 Å². The van der Waals surface area contributed by atoms with Gasteiger partial charge in [-0.2, -0.15) is 8.42 Å². The van der Waals surface area contributed by atoms with E-state index in [4.69, 9.17) is 4.55 Å². The maximum Gasteiger partial charge on any atom is 1.00 e. The second-order valence-corrected chi connectivity index (χ2v) is 3.37. The van der Waals surface area contributed by atoms with Crippen LogP contribution in [0.25, 0.3) is 0 Å². The van der Waals surface area contributed by atoms with E-state index < -0.39 is 15.9 Å². The van der Waals surface area contributed by atoms with Crippen LogP contribution in [0.1, 0.15) is 0 Å². The van der Waals surface area contributed by atoms with Crippen LogP contribution < -0.4 is 56.5 Å². The average molecular weight is 212 g/mol. The van der Waals surface area contributed by atoms with Crippen molar-refractivity contribution in [3.05, 3.63) is 24.3 Å². The average Bonchev–Trinajstić information content (AvgIpc) is 1.86. The van der Waals surface area contributed by atoms with E-state index in [1.54, 1.807) is 0 Å². The van der Waals surface area contributed by atoms with Crippen molar-refractivity contribution in [2.75, 3.05) is 0 Å². The van der Waals surface area contributed by atoms with Gasteiger partial charge in [0.25, 0.3) is 10.1 Å². The van der Waals surface area contributed by atoms with Gasteiger partial charge in [-0.1, -0.05) is 12.1 Å². The fourth-order valence-corrected chi connectivity index (χ4v) is 1.15. The van der Waals surface area contributed by atoms with Crippen molar-refractivity contribution < 1.29 is 69.5 Å². The van der Waals surface area contributed by atoms with Crippen LogP contribution in [0, 0.1) is 0 Å². The first-order valence-corrected chi connectivity index (χ1v) is 4.19. The molecule has 0 aliphatic carbocycles. The SMILES string of the molecule is O=S(=O)(O)c1cccc([O-])c1.[K+]. The van der Waals surface area contributed by atoms with E-state index in [-0.39, 0.29) is 56.3 Å². The van der Waals surface area contributed by atoms with Crippen LogP contribution in [0.3, 0.4) is 0 Å². The molecule has 0 spiro atoms. The van der Waals surface area contributed by atoms with Gasteiger partial charge in [0.05, 0.1) is 4.90 Å². The van der Waals surface area contributed by atoms with Crippen molar-refractivity contribution in [2.24, 2.45) is 0 Å². The van der Waals surface area contributed by atoms with Gasteiger partial charge in [-0.3, -0.25) is 4.55 Å². The molecule has 0 heterocycles. The largest absolute Gasteiger partial charge is 1.00 e. The molecule has 1 N–H and O–H groups in total. The van der Waals surface area contributed by atoms with Crippen LogP contribution in [0.4, 0.5) is 0 Å². The zero-order chi connectivity index (χ0) is 8.48. The Balaban J connectivity index is 0.00000121. The van der Waals surface area contributed by atoms with E-state index in [1.807, 2.05) is 0 Å². The normalized spacial score (nSPS) is 10.4. The van der Waals surface area contributed by atoms with E-state index in [1.165, 1.54) is 12.1 Å². The van der Waals surface area contributed by atoms with Gasteiger partial charge in [-0.05, 0) is 12.1 Å². The topological polar surface area (TPSA) is 77.4 Å². The maximum atomic E-state index is 10.6. The Labute approximate surface area is 113 Å². The minimum absolute atomic E-state index is 0. The van der Waals surface area contributed by atoms with Crippen molar-refractivity contribution in [1.82, 2.24) is 0 Å². The number of rotatable bonds is 1. The predicted octanol–water partition coefficient (Wildman–Crippen LogP) is -2.99. The molecule has 0 aliphatic heterocycles. The summed E-state index contributed by atoms with van der Waals surface area (Å²) in [4.78, 5) is -0.370. The van der Waals surface area contributed by atoms with Crippen LogP contribution >= 0.6 is 0 Å². The molecule has 1 aromatic carbocycles. The molecule has 0 fully saturated rings. The molecule has 0 unspecified atom stereocenters. The molecule has 0 radical (unpaired) electrons. The third-order valence-corrected chi connectivity index (χ3v) is 1.95. The van der Waals surface area contributed by atoms with E-state index in [2.05, 4.69) is 0 Å². The summed E-state index contributed by atoms with van der Waals surface area (Å²) in [6.45, 7) is 0. The quantitative estimate of drug-likeness (QED) is 0.398. The van der Waals surface area contributed by atoms with Crippen LogP contribution in [0.5, 0.6) is 5.75 Å². The molecule has 0 atom stereocenters. The van der Waals surface area contributed by atoms with Crippen molar-refractivity contribution in [2.45, 2.75) is 4.90 Å². The Morgan fingerprint density at radius 2 is 1.92 bits per heavy atom. The Morgan fingerprint density at radius 3 is 2.25 bits per heavy atom. The van der Waals surface area contributed by atoms with Gasteiger partial charge >= 0.3 is 51.4 Å². The molecule has 1 rings (SSSR count). The molecule has 0 saturated carbocycles. The van der Waals surface area contributed by atoms with Crippen LogP contribution in [0.2, 0.25) is 0 Å². The number of benzene rings is 1. The Morgan fingerprint density at radius 1 is 1.33 bits per heavy atom. The molecule has 1 aromatic rings. The summed E-state index contributed by atoms with van der Waals surface area (Å²) in [5.41, 5.74) is 0. The molecule has 0 bridgehead atoms. The Kier molecular flexibility index (Phi) is 4.93. The minimum atomic E-state index is -4.23. The summed E-state index contributed by atoms with van der Waals surface area (Å²) >= 11 is 0. The minimum Gasteiger partial charge on any atom is -0.872 e. The monoisotopic (exact) mass is 212 g/mol. The standard InChI is InChI=1S/C6H6O4S.K/c7-5-2-1-3-6(4-5)11(8,9)10;/h1-4,7H,(H,8,9,10);/q;+1/p-1. The van der Waals surface area contributed by atoms with Crippen molar-refractivity contribution >= 4 is 10.1 Å². The van der Waals surface area contributed by atoms with Gasteiger partial charge in [0.2, 0.25) is 0 Å². The van der Waals surface area contributed by atoms with E-state index in [9.17, 15) is 13.5 Å². The summed E-state index contributed by atoms with van der Waals surface area (Å²) in [5.74, 6) is -0.444. The summed E-state index contributed by atoms with van der Waals surface area (Å²) in [5, 5.41) is 10.6. The summed E-state index contributed by atoms with van der Waals surface area (Å²) in [7, 11) is -4.23. The van der Waals surface area contributed by atoms with Crippen molar-refractivity contribution in [1.29, 1.82) is 0 Å². The fraction of sp³-hybridized carbons (Fsp3) is 0. The molecular weight excluding hydrogens is 207 g/mol. The summed E-state index contributed by atoms with van der Waals surface area (Å²) in [6, 6.07) is 4.48. The van der Waals surface area contributed by atoms with Gasteiger partial charge in [0, 0.05) is 0 Å². The molecular formula is C6H5KO4S. The first-order valence-electron chi connectivity index (χ1n) is 2.75. The molecule has 6 heteroatoms. The molecule has 0 saturated heterocycles. The molecule has 12 heavy (non-hydrogen) atoms. The first-order chi connectivity index (χ1) is 5.00. The Bertz CT molecular complexity index is 360. The molecule has 4 nitrogen and oxygen atoms in total. The second kappa shape index (κ2) is 4.71. The zero-order valence-corrected chi connectivity index (χ0v) is 10.3. The number of hydrogen-bond donors (Lipinski definition) is 1. The Hall–Kier alpha value is 0.566. The molecule has 0 amide bonds. The van der Waals surface area contributed by atoms with E-state index in [0.717, 1.165) is 12.1 Å². The zero-order valence-electron chi connectivity index (χ0n) is 6.39. The van der Waals surface area contributed by atoms with Gasteiger partial charge < -0.3 is 5.11 Å². The maximum absolute atomic E-state index is 10.6. The van der Waals surface area contributed by atoms with Crippen LogP contribution in [0.15, 0.2) is 29.2 Å². The number of hydrogen-bond acceptors (Lipinski definition) is 3. The van der Waals surface area contributed by atoms with Gasteiger partial charge in [-0.25, -0.2) is 0 Å². The van der Waals surface area contributed by atoms with Crippen LogP contribution in [-0.2, 0) is 10.1 Å². The summed E-state index contributed by atoms with van der Waals surface area (Å²) in [6.07, 6.45) is 0. The van der Waals surface area contributed by atoms with Crippen molar-refractivity contribution in [3.8, 4) is 5.75 Å². The first kappa shape index (κ1) is 12.6.